The SMILES string of the molecule is COC[C@]12CCCC[C@H]1CN(CCO)C2. The van der Waals surface area contributed by atoms with E-state index >= 15 is 0 Å². The fourth-order valence-corrected chi connectivity index (χ4v) is 3.53. The average Bonchev–Trinajstić information content (AvgIpc) is 2.56. The Kier molecular flexibility index (Phi) is 3.65. The molecular formula is C12H23NO2. The van der Waals surface area contributed by atoms with Gasteiger partial charge in [-0.25, -0.2) is 0 Å². The van der Waals surface area contributed by atoms with Crippen molar-refractivity contribution >= 4 is 0 Å². The molecule has 1 saturated carbocycles. The van der Waals surface area contributed by atoms with Crippen molar-refractivity contribution in [3.63, 3.8) is 0 Å². The third-order valence-corrected chi connectivity index (χ3v) is 4.21. The van der Waals surface area contributed by atoms with Crippen molar-refractivity contribution in [1.82, 2.24) is 4.90 Å². The molecule has 0 aromatic carbocycles. The highest BCUT2D eigenvalue weighted by molar-refractivity contribution is 4.98. The molecule has 0 unspecified atom stereocenters. The first-order valence-corrected chi connectivity index (χ1v) is 6.13. The van der Waals surface area contributed by atoms with E-state index in [2.05, 4.69) is 4.90 Å². The summed E-state index contributed by atoms with van der Waals surface area (Å²) in [6.07, 6.45) is 5.40. The molecule has 2 rings (SSSR count). The van der Waals surface area contributed by atoms with Crippen molar-refractivity contribution in [3.8, 4) is 0 Å². The predicted octanol–water partition coefficient (Wildman–Crippen LogP) is 1.12. The quantitative estimate of drug-likeness (QED) is 0.759. The zero-order valence-electron chi connectivity index (χ0n) is 9.74. The van der Waals surface area contributed by atoms with Crippen LogP contribution < -0.4 is 0 Å². The van der Waals surface area contributed by atoms with Gasteiger partial charge in [0.1, 0.15) is 0 Å². The van der Waals surface area contributed by atoms with Crippen LogP contribution in [0, 0.1) is 11.3 Å². The molecule has 88 valence electrons. The van der Waals surface area contributed by atoms with Crippen molar-refractivity contribution in [2.75, 3.05) is 40.0 Å². The van der Waals surface area contributed by atoms with Gasteiger partial charge in [-0.1, -0.05) is 12.8 Å². The molecule has 0 spiro atoms. The predicted molar refractivity (Wildman–Crippen MR) is 59.8 cm³/mol. The van der Waals surface area contributed by atoms with E-state index in [1.54, 1.807) is 0 Å². The molecule has 1 heterocycles. The summed E-state index contributed by atoms with van der Waals surface area (Å²) in [7, 11) is 1.81. The molecule has 15 heavy (non-hydrogen) atoms. The van der Waals surface area contributed by atoms with Crippen LogP contribution in [0.3, 0.4) is 0 Å². The second-order valence-electron chi connectivity index (χ2n) is 5.20. The highest BCUT2D eigenvalue weighted by Crippen LogP contribution is 2.46. The second-order valence-corrected chi connectivity index (χ2v) is 5.20. The van der Waals surface area contributed by atoms with E-state index in [9.17, 15) is 0 Å². The van der Waals surface area contributed by atoms with Crippen molar-refractivity contribution in [3.05, 3.63) is 0 Å². The van der Waals surface area contributed by atoms with Gasteiger partial charge < -0.3 is 14.7 Å². The Bertz CT molecular complexity index is 206. The van der Waals surface area contributed by atoms with Gasteiger partial charge in [-0.3, -0.25) is 0 Å². The lowest BCUT2D eigenvalue weighted by molar-refractivity contribution is 0.0294. The normalized spacial score (nSPS) is 36.8. The summed E-state index contributed by atoms with van der Waals surface area (Å²) in [5, 5.41) is 9.00. The van der Waals surface area contributed by atoms with E-state index in [1.807, 2.05) is 7.11 Å². The number of β-amino-alcohol motifs (C(OH)–C–C–N with tert-alkyl or cyclic N) is 1. The summed E-state index contributed by atoms with van der Waals surface area (Å²) in [5.74, 6) is 0.803. The number of methoxy groups -OCH3 is 1. The summed E-state index contributed by atoms with van der Waals surface area (Å²) in [6, 6.07) is 0. The van der Waals surface area contributed by atoms with Crippen LogP contribution in [0.2, 0.25) is 0 Å². The van der Waals surface area contributed by atoms with Crippen LogP contribution in [0.15, 0.2) is 0 Å². The highest BCUT2D eigenvalue weighted by Gasteiger charge is 2.47. The summed E-state index contributed by atoms with van der Waals surface area (Å²) in [4.78, 5) is 2.41. The van der Waals surface area contributed by atoms with Gasteiger partial charge in [0.15, 0.2) is 0 Å². The van der Waals surface area contributed by atoms with Crippen molar-refractivity contribution < 1.29 is 9.84 Å². The number of fused-ring (bicyclic) bond motifs is 1. The topological polar surface area (TPSA) is 32.7 Å². The molecule has 1 aliphatic carbocycles. The average molecular weight is 213 g/mol. The first-order chi connectivity index (χ1) is 7.30. The molecule has 1 saturated heterocycles. The standard InChI is InChI=1S/C12H23NO2/c1-15-10-12-5-3-2-4-11(12)8-13(9-12)6-7-14/h11,14H,2-10H2,1H3/t11-,12+/m0/s1. The summed E-state index contributed by atoms with van der Waals surface area (Å²) < 4.78 is 5.42. The molecule has 3 nitrogen and oxygen atoms in total. The Morgan fingerprint density at radius 2 is 2.33 bits per heavy atom. The monoisotopic (exact) mass is 213 g/mol. The van der Waals surface area contributed by atoms with E-state index < -0.39 is 0 Å². The van der Waals surface area contributed by atoms with E-state index in [1.165, 1.54) is 32.2 Å². The van der Waals surface area contributed by atoms with Crippen LogP contribution >= 0.6 is 0 Å². The number of hydrogen-bond acceptors (Lipinski definition) is 3. The van der Waals surface area contributed by atoms with Crippen LogP contribution in [-0.2, 0) is 4.74 Å². The molecule has 1 N–H and O–H groups in total. The summed E-state index contributed by atoms with van der Waals surface area (Å²) >= 11 is 0. The minimum Gasteiger partial charge on any atom is -0.395 e. The lowest BCUT2D eigenvalue weighted by Gasteiger charge is -2.38. The molecule has 0 amide bonds. The number of rotatable bonds is 4. The minimum absolute atomic E-state index is 0.287. The second kappa shape index (κ2) is 4.81. The maximum Gasteiger partial charge on any atom is 0.0558 e. The fourth-order valence-electron chi connectivity index (χ4n) is 3.53. The van der Waals surface area contributed by atoms with Gasteiger partial charge in [-0.15, -0.1) is 0 Å². The smallest absolute Gasteiger partial charge is 0.0558 e. The number of hydrogen-bond donors (Lipinski definition) is 1. The van der Waals surface area contributed by atoms with Gasteiger partial charge >= 0.3 is 0 Å². The Labute approximate surface area is 92.4 Å². The van der Waals surface area contributed by atoms with E-state index in [-0.39, 0.29) is 6.61 Å². The largest absolute Gasteiger partial charge is 0.395 e. The minimum atomic E-state index is 0.287. The maximum absolute atomic E-state index is 9.00. The van der Waals surface area contributed by atoms with Gasteiger partial charge in [0.05, 0.1) is 13.2 Å². The summed E-state index contributed by atoms with van der Waals surface area (Å²) in [6.45, 7) is 4.33. The highest BCUT2D eigenvalue weighted by atomic mass is 16.5. The van der Waals surface area contributed by atoms with Crippen LogP contribution in [0.25, 0.3) is 0 Å². The molecule has 2 aliphatic rings. The molecule has 0 bridgehead atoms. The van der Waals surface area contributed by atoms with Crippen molar-refractivity contribution in [1.29, 1.82) is 0 Å². The molecule has 2 fully saturated rings. The number of likely N-dealkylation sites (tertiary alicyclic amines) is 1. The Morgan fingerprint density at radius 1 is 1.47 bits per heavy atom. The zero-order chi connectivity index (χ0) is 10.7. The number of aliphatic hydroxyl groups is 1. The van der Waals surface area contributed by atoms with Crippen LogP contribution in [-0.4, -0.2) is 50.0 Å². The number of aliphatic hydroxyl groups excluding tert-OH is 1. The zero-order valence-corrected chi connectivity index (χ0v) is 9.74. The van der Waals surface area contributed by atoms with Crippen LogP contribution in [0.5, 0.6) is 0 Å². The van der Waals surface area contributed by atoms with Crippen LogP contribution in [0.1, 0.15) is 25.7 Å². The Morgan fingerprint density at radius 3 is 3.07 bits per heavy atom. The number of ether oxygens (including phenoxy) is 1. The van der Waals surface area contributed by atoms with E-state index in [0.717, 1.165) is 25.6 Å². The Balaban J connectivity index is 2.02. The van der Waals surface area contributed by atoms with Crippen LogP contribution in [0.4, 0.5) is 0 Å². The van der Waals surface area contributed by atoms with Gasteiger partial charge in [-0.2, -0.15) is 0 Å². The molecule has 3 heteroatoms. The van der Waals surface area contributed by atoms with Crippen molar-refractivity contribution in [2.45, 2.75) is 25.7 Å². The molecule has 0 aromatic rings. The first kappa shape index (κ1) is 11.4. The van der Waals surface area contributed by atoms with Gasteiger partial charge in [-0.05, 0) is 18.8 Å². The third kappa shape index (κ3) is 2.19. The number of nitrogens with zero attached hydrogens (tertiary/aromatic N) is 1. The lowest BCUT2D eigenvalue weighted by atomic mass is 9.69. The molecule has 2 atom stereocenters. The van der Waals surface area contributed by atoms with Gasteiger partial charge in [0.2, 0.25) is 0 Å². The van der Waals surface area contributed by atoms with E-state index in [0.29, 0.717) is 5.41 Å². The molecule has 1 aliphatic heterocycles. The van der Waals surface area contributed by atoms with Crippen molar-refractivity contribution in [2.24, 2.45) is 11.3 Å². The molecule has 0 radical (unpaired) electrons. The summed E-state index contributed by atoms with van der Waals surface area (Å²) in [5.41, 5.74) is 0.405. The lowest BCUT2D eigenvalue weighted by Crippen LogP contribution is -2.37. The van der Waals surface area contributed by atoms with E-state index in [4.69, 9.17) is 9.84 Å². The van der Waals surface area contributed by atoms with Gasteiger partial charge in [0.25, 0.3) is 0 Å². The Hall–Kier alpha value is -0.120. The third-order valence-electron chi connectivity index (χ3n) is 4.21. The maximum atomic E-state index is 9.00. The first-order valence-electron chi connectivity index (χ1n) is 6.13. The van der Waals surface area contributed by atoms with Gasteiger partial charge in [0, 0.05) is 32.2 Å². The molecule has 0 aromatic heterocycles. The molecular weight excluding hydrogens is 190 g/mol. The fraction of sp³-hybridized carbons (Fsp3) is 1.00.